The molecule has 0 fully saturated rings. The Kier molecular flexibility index (Phi) is 7.51. The summed E-state index contributed by atoms with van der Waals surface area (Å²) in [6, 6.07) is 21.8. The molecule has 3 rings (SSSR count). The van der Waals surface area contributed by atoms with E-state index < -0.39 is 0 Å². The molecule has 0 unspecified atom stereocenters. The highest BCUT2D eigenvalue weighted by Gasteiger charge is 2.16. The highest BCUT2D eigenvalue weighted by Crippen LogP contribution is 2.26. The third-order valence-corrected chi connectivity index (χ3v) is 5.31. The van der Waals surface area contributed by atoms with Crippen LogP contribution in [0.3, 0.4) is 0 Å². The zero-order valence-electron chi connectivity index (χ0n) is 18.4. The summed E-state index contributed by atoms with van der Waals surface area (Å²) >= 11 is 0. The lowest BCUT2D eigenvalue weighted by Gasteiger charge is -2.14. The van der Waals surface area contributed by atoms with Crippen molar-refractivity contribution >= 4 is 11.5 Å². The van der Waals surface area contributed by atoms with E-state index in [-0.39, 0.29) is 12.4 Å². The van der Waals surface area contributed by atoms with Gasteiger partial charge in [0.1, 0.15) is 12.4 Å². The highest BCUT2D eigenvalue weighted by molar-refractivity contribution is 6.12. The van der Waals surface area contributed by atoms with Gasteiger partial charge in [0, 0.05) is 23.4 Å². The summed E-state index contributed by atoms with van der Waals surface area (Å²) in [6.07, 6.45) is 6.33. The molecule has 1 N–H and O–H groups in total. The topological polar surface area (TPSA) is 38.3 Å². The summed E-state index contributed by atoms with van der Waals surface area (Å²) in [5.74, 6) is 3.41. The van der Waals surface area contributed by atoms with Gasteiger partial charge in [0.2, 0.25) is 0 Å². The molecule has 0 aliphatic carbocycles. The Labute approximate surface area is 185 Å². The molecule has 3 heteroatoms. The van der Waals surface area contributed by atoms with Crippen LogP contribution in [-0.4, -0.2) is 12.4 Å². The van der Waals surface area contributed by atoms with Crippen molar-refractivity contribution in [2.75, 3.05) is 11.9 Å². The van der Waals surface area contributed by atoms with Gasteiger partial charge in [0.05, 0.1) is 0 Å². The molecule has 158 valence electrons. The molecule has 0 amide bonds. The van der Waals surface area contributed by atoms with Crippen molar-refractivity contribution in [3.63, 3.8) is 0 Å². The van der Waals surface area contributed by atoms with Crippen LogP contribution in [0, 0.1) is 12.3 Å². The summed E-state index contributed by atoms with van der Waals surface area (Å²) < 4.78 is 5.56. The summed E-state index contributed by atoms with van der Waals surface area (Å²) in [7, 11) is 0. The second kappa shape index (κ2) is 10.5. The summed E-state index contributed by atoms with van der Waals surface area (Å²) in [5, 5.41) is 3.41. The minimum absolute atomic E-state index is 0.0507. The number of rotatable bonds is 9. The number of hydrogen-bond acceptors (Lipinski definition) is 3. The molecule has 0 aliphatic rings. The van der Waals surface area contributed by atoms with Gasteiger partial charge in [0.15, 0.2) is 5.78 Å². The van der Waals surface area contributed by atoms with Gasteiger partial charge in [-0.05, 0) is 47.2 Å². The molecule has 31 heavy (non-hydrogen) atoms. The standard InChI is InChI=1S/C28H29NO2/c1-5-17-31-25-15-16-27(29-19-22-9-7-21(6-2)8-10-22)26(18-25)28(30)24-13-11-23(12-14-24)20(3)4/h1,7-16,18,20,29H,6,17,19H2,2-4H3. The van der Waals surface area contributed by atoms with Crippen LogP contribution in [0.1, 0.15) is 59.3 Å². The Morgan fingerprint density at radius 1 is 1.00 bits per heavy atom. The van der Waals surface area contributed by atoms with Crippen LogP contribution in [0.5, 0.6) is 5.75 Å². The first-order valence-corrected chi connectivity index (χ1v) is 10.7. The lowest BCUT2D eigenvalue weighted by Crippen LogP contribution is -2.09. The van der Waals surface area contributed by atoms with Gasteiger partial charge in [-0.2, -0.15) is 0 Å². The van der Waals surface area contributed by atoms with Crippen molar-refractivity contribution in [1.82, 2.24) is 0 Å². The Hall–Kier alpha value is -3.51. The monoisotopic (exact) mass is 411 g/mol. The number of nitrogens with one attached hydrogen (secondary N) is 1. The van der Waals surface area contributed by atoms with Crippen LogP contribution >= 0.6 is 0 Å². The predicted molar refractivity (Wildman–Crippen MR) is 128 cm³/mol. The van der Waals surface area contributed by atoms with E-state index in [0.717, 1.165) is 17.7 Å². The first-order valence-electron chi connectivity index (χ1n) is 10.7. The van der Waals surface area contributed by atoms with Crippen molar-refractivity contribution in [2.24, 2.45) is 0 Å². The minimum Gasteiger partial charge on any atom is -0.481 e. The molecule has 3 nitrogen and oxygen atoms in total. The highest BCUT2D eigenvalue weighted by atomic mass is 16.5. The maximum Gasteiger partial charge on any atom is 0.195 e. The zero-order valence-corrected chi connectivity index (χ0v) is 18.4. The third-order valence-electron chi connectivity index (χ3n) is 5.31. The molecule has 3 aromatic rings. The van der Waals surface area contributed by atoms with Crippen LogP contribution in [0.25, 0.3) is 0 Å². The molecule has 0 radical (unpaired) electrons. The second-order valence-corrected chi connectivity index (χ2v) is 7.83. The van der Waals surface area contributed by atoms with E-state index in [4.69, 9.17) is 11.2 Å². The number of carbonyl (C=O) groups excluding carboxylic acids is 1. The van der Waals surface area contributed by atoms with Gasteiger partial charge in [-0.15, -0.1) is 6.42 Å². The molecule has 0 atom stereocenters. The van der Waals surface area contributed by atoms with Crippen LogP contribution < -0.4 is 10.1 Å². The smallest absolute Gasteiger partial charge is 0.195 e. The first-order chi connectivity index (χ1) is 15.0. The van der Waals surface area contributed by atoms with Gasteiger partial charge < -0.3 is 10.1 Å². The number of hydrogen-bond donors (Lipinski definition) is 1. The van der Waals surface area contributed by atoms with Gasteiger partial charge in [0.25, 0.3) is 0 Å². The average molecular weight is 412 g/mol. The van der Waals surface area contributed by atoms with Crippen molar-refractivity contribution in [1.29, 1.82) is 0 Å². The number of carbonyl (C=O) groups is 1. The van der Waals surface area contributed by atoms with Crippen molar-refractivity contribution in [2.45, 2.75) is 39.7 Å². The average Bonchev–Trinajstić information content (AvgIpc) is 2.81. The zero-order chi connectivity index (χ0) is 22.2. The molecule has 0 heterocycles. The summed E-state index contributed by atoms with van der Waals surface area (Å²) in [4.78, 5) is 13.3. The second-order valence-electron chi connectivity index (χ2n) is 7.83. The number of ketones is 1. The Morgan fingerprint density at radius 2 is 1.68 bits per heavy atom. The molecule has 0 saturated carbocycles. The maximum absolute atomic E-state index is 13.3. The lowest BCUT2D eigenvalue weighted by molar-refractivity contribution is 0.103. The molecule has 0 spiro atoms. The van der Waals surface area contributed by atoms with Gasteiger partial charge in [-0.25, -0.2) is 0 Å². The number of aryl methyl sites for hydroxylation is 1. The normalized spacial score (nSPS) is 10.5. The first kappa shape index (κ1) is 22.2. The SMILES string of the molecule is C#CCOc1ccc(NCc2ccc(CC)cc2)c(C(=O)c2ccc(C(C)C)cc2)c1. The van der Waals surface area contributed by atoms with Crippen molar-refractivity contribution < 1.29 is 9.53 Å². The van der Waals surface area contributed by atoms with Crippen LogP contribution in [-0.2, 0) is 13.0 Å². The third kappa shape index (κ3) is 5.77. The van der Waals surface area contributed by atoms with Crippen molar-refractivity contribution in [3.05, 3.63) is 94.5 Å². The van der Waals surface area contributed by atoms with Gasteiger partial charge >= 0.3 is 0 Å². The van der Waals surface area contributed by atoms with Crippen molar-refractivity contribution in [3.8, 4) is 18.1 Å². The molecular weight excluding hydrogens is 382 g/mol. The number of anilines is 1. The minimum atomic E-state index is -0.0507. The van der Waals surface area contributed by atoms with E-state index in [1.807, 2.05) is 36.4 Å². The predicted octanol–water partition coefficient (Wildman–Crippen LogP) is 6.23. The van der Waals surface area contributed by atoms with Crippen LogP contribution in [0.2, 0.25) is 0 Å². The number of terminal acetylenes is 1. The van der Waals surface area contributed by atoms with E-state index in [1.54, 1.807) is 6.07 Å². The quantitative estimate of drug-likeness (QED) is 0.335. The molecule has 0 aliphatic heterocycles. The molecular formula is C28H29NO2. The largest absolute Gasteiger partial charge is 0.481 e. The van der Waals surface area contributed by atoms with E-state index in [2.05, 4.69) is 56.3 Å². The van der Waals surface area contributed by atoms with Gasteiger partial charge in [-0.3, -0.25) is 4.79 Å². The fourth-order valence-corrected chi connectivity index (χ4v) is 3.35. The van der Waals surface area contributed by atoms with E-state index in [9.17, 15) is 4.79 Å². The van der Waals surface area contributed by atoms with E-state index in [0.29, 0.717) is 29.3 Å². The molecule has 0 bridgehead atoms. The molecule has 0 aromatic heterocycles. The fourth-order valence-electron chi connectivity index (χ4n) is 3.35. The van der Waals surface area contributed by atoms with E-state index >= 15 is 0 Å². The fraction of sp³-hybridized carbons (Fsp3) is 0.250. The van der Waals surface area contributed by atoms with Crippen LogP contribution in [0.4, 0.5) is 5.69 Å². The maximum atomic E-state index is 13.3. The molecule has 3 aromatic carbocycles. The molecule has 0 saturated heterocycles. The Balaban J connectivity index is 1.87. The van der Waals surface area contributed by atoms with Crippen LogP contribution in [0.15, 0.2) is 66.7 Å². The Morgan fingerprint density at radius 3 is 2.29 bits per heavy atom. The van der Waals surface area contributed by atoms with Gasteiger partial charge in [-0.1, -0.05) is 75.2 Å². The van der Waals surface area contributed by atoms with E-state index in [1.165, 1.54) is 11.1 Å². The summed E-state index contributed by atoms with van der Waals surface area (Å²) in [5.41, 5.74) is 5.65. The lowest BCUT2D eigenvalue weighted by atomic mass is 9.97. The Bertz CT molecular complexity index is 1060. The number of ether oxygens (including phenoxy) is 1. The summed E-state index contributed by atoms with van der Waals surface area (Å²) in [6.45, 7) is 7.20. The number of benzene rings is 3.